The van der Waals surface area contributed by atoms with Gasteiger partial charge in [-0.05, 0) is 19.5 Å². The lowest BCUT2D eigenvalue weighted by atomic mass is 10.3. The normalized spacial score (nSPS) is 10.3. The van der Waals surface area contributed by atoms with E-state index in [9.17, 15) is 14.7 Å². The van der Waals surface area contributed by atoms with E-state index in [0.29, 0.717) is 13.2 Å². The molecule has 0 N–H and O–H groups in total. The lowest BCUT2D eigenvalue weighted by Crippen LogP contribution is -2.28. The number of carbonyl (C=O) groups is 2. The summed E-state index contributed by atoms with van der Waals surface area (Å²) in [5, 5.41) is 10.1. The van der Waals surface area contributed by atoms with E-state index in [0.717, 1.165) is 13.1 Å². The summed E-state index contributed by atoms with van der Waals surface area (Å²) in [7, 11) is 0. The second kappa shape index (κ2) is 8.23. The molecule has 0 rings (SSSR count). The molecule has 0 aromatic carbocycles. The summed E-state index contributed by atoms with van der Waals surface area (Å²) < 4.78 is 4.85. The predicted molar refractivity (Wildman–Crippen MR) is 53.0 cm³/mol. The fourth-order valence-electron chi connectivity index (χ4n) is 1.10. The first-order valence-electron chi connectivity index (χ1n) is 5.18. The average Bonchev–Trinajstić information content (AvgIpc) is 2.21. The molecule has 0 saturated heterocycles. The molecule has 0 radical (unpaired) electrons. The largest absolute Gasteiger partial charge is 0.550 e. The van der Waals surface area contributed by atoms with Gasteiger partial charge >= 0.3 is 5.97 Å². The second-order valence-electron chi connectivity index (χ2n) is 3.12. The lowest BCUT2D eigenvalue weighted by molar-refractivity contribution is -0.305. The van der Waals surface area contributed by atoms with Crippen molar-refractivity contribution < 1.29 is 19.4 Å². The molecule has 88 valence electrons. The van der Waals surface area contributed by atoms with Crippen molar-refractivity contribution in [2.75, 3.05) is 26.2 Å². The van der Waals surface area contributed by atoms with E-state index < -0.39 is 11.9 Å². The Hall–Kier alpha value is -1.10. The average molecular weight is 216 g/mol. The summed E-state index contributed by atoms with van der Waals surface area (Å²) in [5.41, 5.74) is 0. The summed E-state index contributed by atoms with van der Waals surface area (Å²) in [6.45, 7) is 6.88. The highest BCUT2D eigenvalue weighted by molar-refractivity contribution is 5.75. The highest BCUT2D eigenvalue weighted by Crippen LogP contribution is 1.93. The molecule has 5 heteroatoms. The van der Waals surface area contributed by atoms with Gasteiger partial charge in [0.25, 0.3) is 0 Å². The van der Waals surface area contributed by atoms with Crippen molar-refractivity contribution in [2.24, 2.45) is 0 Å². The third kappa shape index (κ3) is 7.93. The molecule has 0 aliphatic carbocycles. The van der Waals surface area contributed by atoms with Crippen LogP contribution < -0.4 is 5.11 Å². The van der Waals surface area contributed by atoms with Gasteiger partial charge in [-0.15, -0.1) is 0 Å². The molecule has 0 heterocycles. The number of rotatable bonds is 8. The van der Waals surface area contributed by atoms with Crippen molar-refractivity contribution in [3.8, 4) is 0 Å². The molecule has 5 nitrogen and oxygen atoms in total. The van der Waals surface area contributed by atoms with E-state index in [2.05, 4.69) is 4.90 Å². The van der Waals surface area contributed by atoms with Crippen LogP contribution in [0.4, 0.5) is 0 Å². The monoisotopic (exact) mass is 216 g/mol. The molecular formula is C10H18NO4-. The second-order valence-corrected chi connectivity index (χ2v) is 3.12. The maximum atomic E-state index is 11.0. The van der Waals surface area contributed by atoms with Crippen LogP contribution in [0.2, 0.25) is 0 Å². The van der Waals surface area contributed by atoms with Crippen molar-refractivity contribution in [2.45, 2.75) is 26.7 Å². The van der Waals surface area contributed by atoms with Gasteiger partial charge in [-0.25, -0.2) is 0 Å². The number of nitrogens with zero attached hydrogens (tertiary/aromatic N) is 1. The van der Waals surface area contributed by atoms with Gasteiger partial charge in [0, 0.05) is 12.5 Å². The number of aliphatic carboxylic acids is 1. The zero-order valence-corrected chi connectivity index (χ0v) is 9.32. The summed E-state index contributed by atoms with van der Waals surface area (Å²) in [4.78, 5) is 23.1. The maximum Gasteiger partial charge on any atom is 0.306 e. The first-order chi connectivity index (χ1) is 7.10. The number of carboxylic acid groups (broad SMARTS) is 1. The first kappa shape index (κ1) is 13.9. The van der Waals surface area contributed by atoms with Crippen molar-refractivity contribution in [1.82, 2.24) is 4.90 Å². The predicted octanol–water partition coefficient (Wildman–Crippen LogP) is -0.598. The minimum Gasteiger partial charge on any atom is -0.550 e. The van der Waals surface area contributed by atoms with Gasteiger partial charge in [0.2, 0.25) is 0 Å². The zero-order valence-electron chi connectivity index (χ0n) is 9.32. The Labute approximate surface area is 90.0 Å². The van der Waals surface area contributed by atoms with E-state index in [1.807, 2.05) is 13.8 Å². The number of carboxylic acids is 1. The van der Waals surface area contributed by atoms with E-state index in [1.165, 1.54) is 0 Å². The maximum absolute atomic E-state index is 11.0. The molecule has 0 aliphatic heterocycles. The van der Waals surface area contributed by atoms with Gasteiger partial charge in [-0.3, -0.25) is 4.79 Å². The Morgan fingerprint density at radius 2 is 1.80 bits per heavy atom. The molecule has 0 amide bonds. The molecule has 0 aromatic heterocycles. The van der Waals surface area contributed by atoms with Crippen molar-refractivity contribution in [1.29, 1.82) is 0 Å². The van der Waals surface area contributed by atoms with Crippen LogP contribution in [0.3, 0.4) is 0 Å². The van der Waals surface area contributed by atoms with Crippen LogP contribution in [0.25, 0.3) is 0 Å². The van der Waals surface area contributed by atoms with Gasteiger partial charge in [-0.1, -0.05) is 13.8 Å². The SMILES string of the molecule is CCN(CC)CCOC(=O)CCC(=O)[O-]. The summed E-state index contributed by atoms with van der Waals surface area (Å²) in [6.07, 6.45) is -0.384. The van der Waals surface area contributed by atoms with Gasteiger partial charge in [0.1, 0.15) is 6.61 Å². The number of hydrogen-bond acceptors (Lipinski definition) is 5. The van der Waals surface area contributed by atoms with Crippen LogP contribution in [-0.2, 0) is 14.3 Å². The van der Waals surface area contributed by atoms with E-state index in [-0.39, 0.29) is 12.8 Å². The molecule has 0 saturated carbocycles. The molecule has 0 aliphatic rings. The number of likely N-dealkylation sites (N-methyl/N-ethyl adjacent to an activating group) is 1. The Morgan fingerprint density at radius 3 is 2.27 bits per heavy atom. The van der Waals surface area contributed by atoms with E-state index in [1.54, 1.807) is 0 Å². The number of hydrogen-bond donors (Lipinski definition) is 0. The van der Waals surface area contributed by atoms with Crippen molar-refractivity contribution in [3.63, 3.8) is 0 Å². The Kier molecular flexibility index (Phi) is 7.62. The number of esters is 1. The molecule has 0 atom stereocenters. The van der Waals surface area contributed by atoms with Gasteiger partial charge in [-0.2, -0.15) is 0 Å². The van der Waals surface area contributed by atoms with Crippen LogP contribution in [0, 0.1) is 0 Å². The lowest BCUT2D eigenvalue weighted by Gasteiger charge is -2.17. The standard InChI is InChI=1S/C10H19NO4/c1-3-11(4-2)7-8-15-10(14)6-5-9(12)13/h3-8H2,1-2H3,(H,12,13)/p-1. The third-order valence-electron chi connectivity index (χ3n) is 2.10. The number of ether oxygens (including phenoxy) is 1. The topological polar surface area (TPSA) is 69.7 Å². The smallest absolute Gasteiger partial charge is 0.306 e. The van der Waals surface area contributed by atoms with Gasteiger partial charge in [0.15, 0.2) is 0 Å². The minimum absolute atomic E-state index is 0.111. The quantitative estimate of drug-likeness (QED) is 0.507. The fraction of sp³-hybridized carbons (Fsp3) is 0.800. The molecule has 0 bridgehead atoms. The fourth-order valence-corrected chi connectivity index (χ4v) is 1.10. The zero-order chi connectivity index (χ0) is 11.7. The first-order valence-corrected chi connectivity index (χ1v) is 5.18. The Bertz CT molecular complexity index is 202. The number of carbonyl (C=O) groups excluding carboxylic acids is 2. The molecule has 0 fully saturated rings. The molecule has 0 spiro atoms. The molecule has 0 aromatic rings. The highest BCUT2D eigenvalue weighted by Gasteiger charge is 2.04. The molecular weight excluding hydrogens is 198 g/mol. The van der Waals surface area contributed by atoms with Crippen molar-refractivity contribution in [3.05, 3.63) is 0 Å². The van der Waals surface area contributed by atoms with Crippen molar-refractivity contribution >= 4 is 11.9 Å². The summed E-state index contributed by atoms with van der Waals surface area (Å²) in [5.74, 6) is -1.71. The molecule has 0 unspecified atom stereocenters. The molecule has 15 heavy (non-hydrogen) atoms. The van der Waals surface area contributed by atoms with Crippen LogP contribution in [0.1, 0.15) is 26.7 Å². The minimum atomic E-state index is -1.23. The van der Waals surface area contributed by atoms with E-state index in [4.69, 9.17) is 4.74 Å². The van der Waals surface area contributed by atoms with Crippen LogP contribution >= 0.6 is 0 Å². The Morgan fingerprint density at radius 1 is 1.20 bits per heavy atom. The highest BCUT2D eigenvalue weighted by atomic mass is 16.5. The van der Waals surface area contributed by atoms with Gasteiger partial charge in [0.05, 0.1) is 6.42 Å². The van der Waals surface area contributed by atoms with Crippen LogP contribution in [0.5, 0.6) is 0 Å². The van der Waals surface area contributed by atoms with Crippen LogP contribution in [0.15, 0.2) is 0 Å². The summed E-state index contributed by atoms with van der Waals surface area (Å²) >= 11 is 0. The van der Waals surface area contributed by atoms with Crippen LogP contribution in [-0.4, -0.2) is 43.1 Å². The van der Waals surface area contributed by atoms with E-state index >= 15 is 0 Å². The third-order valence-corrected chi connectivity index (χ3v) is 2.10. The summed E-state index contributed by atoms with van der Waals surface area (Å²) in [6, 6.07) is 0. The van der Waals surface area contributed by atoms with Gasteiger partial charge < -0.3 is 19.5 Å². The Balaban J connectivity index is 3.49.